The van der Waals surface area contributed by atoms with E-state index in [0.29, 0.717) is 11.3 Å². The van der Waals surface area contributed by atoms with Crippen LogP contribution in [-0.4, -0.2) is 29.7 Å². The number of nitrogens with zero attached hydrogens (tertiary/aromatic N) is 1. The molecule has 2 aromatic rings. The molecule has 3 N–H and O–H groups in total. The summed E-state index contributed by atoms with van der Waals surface area (Å²) in [5.74, 6) is -1.05. The Bertz CT molecular complexity index is 774. The number of aryl methyl sites for hydroxylation is 1. The molecular weight excluding hydrogens is 314 g/mol. The van der Waals surface area contributed by atoms with Crippen molar-refractivity contribution in [2.75, 3.05) is 0 Å². The first kappa shape index (κ1) is 15.4. The lowest BCUT2D eigenvalue weighted by Crippen LogP contribution is -2.23. The molecule has 0 fully saturated rings. The summed E-state index contributed by atoms with van der Waals surface area (Å²) in [6, 6.07) is 1.73. The standard InChI is InChI=1S/C12H13N3O4S2/c1-8-11(7-13-15-8)21(18,19)14-6-10-9(4-5-20-10)2-3-12(16)17/h2-5,7,14H,6H2,1H3,(H,13,15)(H,16,17)/b3-2+. The van der Waals surface area contributed by atoms with Gasteiger partial charge in [-0.1, -0.05) is 0 Å². The fraction of sp³-hybridized carbons (Fsp3) is 0.167. The predicted molar refractivity (Wildman–Crippen MR) is 78.3 cm³/mol. The summed E-state index contributed by atoms with van der Waals surface area (Å²) >= 11 is 1.35. The highest BCUT2D eigenvalue weighted by molar-refractivity contribution is 7.89. The third-order valence-corrected chi connectivity index (χ3v) is 5.13. The molecule has 9 heteroatoms. The van der Waals surface area contributed by atoms with Crippen LogP contribution in [0, 0.1) is 6.92 Å². The van der Waals surface area contributed by atoms with Crippen molar-refractivity contribution in [1.29, 1.82) is 0 Å². The number of aliphatic carboxylic acids is 1. The van der Waals surface area contributed by atoms with Crippen molar-refractivity contribution >= 4 is 33.4 Å². The van der Waals surface area contributed by atoms with Crippen molar-refractivity contribution in [3.63, 3.8) is 0 Å². The second kappa shape index (κ2) is 6.20. The maximum atomic E-state index is 12.1. The van der Waals surface area contributed by atoms with E-state index in [-0.39, 0.29) is 11.4 Å². The summed E-state index contributed by atoms with van der Waals surface area (Å²) in [7, 11) is -3.65. The molecule has 0 aliphatic heterocycles. The Morgan fingerprint density at radius 1 is 1.57 bits per heavy atom. The van der Waals surface area contributed by atoms with Gasteiger partial charge in [0.15, 0.2) is 0 Å². The fourth-order valence-electron chi connectivity index (χ4n) is 1.65. The highest BCUT2D eigenvalue weighted by Gasteiger charge is 2.18. The number of aromatic amines is 1. The molecule has 0 unspecified atom stereocenters. The van der Waals surface area contributed by atoms with E-state index in [1.807, 2.05) is 0 Å². The van der Waals surface area contributed by atoms with Crippen LogP contribution >= 0.6 is 11.3 Å². The zero-order chi connectivity index (χ0) is 15.5. The largest absolute Gasteiger partial charge is 0.478 e. The number of rotatable bonds is 6. The van der Waals surface area contributed by atoms with Gasteiger partial charge in [0, 0.05) is 17.5 Å². The summed E-state index contributed by atoms with van der Waals surface area (Å²) in [6.07, 6.45) is 3.70. The van der Waals surface area contributed by atoms with Gasteiger partial charge in [0.2, 0.25) is 10.0 Å². The van der Waals surface area contributed by atoms with Gasteiger partial charge in [0.05, 0.1) is 11.9 Å². The van der Waals surface area contributed by atoms with Gasteiger partial charge in [-0.15, -0.1) is 11.3 Å². The number of carboxylic acid groups (broad SMARTS) is 1. The summed E-state index contributed by atoms with van der Waals surface area (Å²) in [6.45, 7) is 1.71. The highest BCUT2D eigenvalue weighted by atomic mass is 32.2. The van der Waals surface area contributed by atoms with Gasteiger partial charge in [0.1, 0.15) is 4.90 Å². The number of aromatic nitrogens is 2. The van der Waals surface area contributed by atoms with Gasteiger partial charge in [-0.3, -0.25) is 5.10 Å². The molecule has 2 heterocycles. The molecule has 0 amide bonds. The van der Waals surface area contributed by atoms with Crippen LogP contribution in [0.25, 0.3) is 6.08 Å². The molecule has 7 nitrogen and oxygen atoms in total. The molecule has 0 aliphatic carbocycles. The topological polar surface area (TPSA) is 112 Å². The molecule has 0 saturated heterocycles. The van der Waals surface area contributed by atoms with Gasteiger partial charge in [-0.25, -0.2) is 17.9 Å². The minimum Gasteiger partial charge on any atom is -0.478 e. The average Bonchev–Trinajstić information content (AvgIpc) is 3.02. The minimum absolute atomic E-state index is 0.0872. The van der Waals surface area contributed by atoms with Crippen molar-refractivity contribution in [2.45, 2.75) is 18.4 Å². The lowest BCUT2D eigenvalue weighted by Gasteiger charge is -2.05. The zero-order valence-electron chi connectivity index (χ0n) is 11.0. The summed E-state index contributed by atoms with van der Waals surface area (Å²) in [4.78, 5) is 11.3. The van der Waals surface area contributed by atoms with E-state index in [9.17, 15) is 13.2 Å². The first-order valence-corrected chi connectivity index (χ1v) is 8.23. The SMILES string of the molecule is Cc1[nH]ncc1S(=O)(=O)NCc1sccc1/C=C/C(=O)O. The molecule has 0 atom stereocenters. The number of carboxylic acids is 1. The van der Waals surface area contributed by atoms with Crippen molar-refractivity contribution < 1.29 is 18.3 Å². The quantitative estimate of drug-likeness (QED) is 0.693. The van der Waals surface area contributed by atoms with Crippen LogP contribution in [0.3, 0.4) is 0 Å². The Morgan fingerprint density at radius 3 is 2.95 bits per heavy atom. The third-order valence-electron chi connectivity index (χ3n) is 2.68. The highest BCUT2D eigenvalue weighted by Crippen LogP contribution is 2.19. The van der Waals surface area contributed by atoms with Crippen LogP contribution in [-0.2, 0) is 21.4 Å². The lowest BCUT2D eigenvalue weighted by molar-refractivity contribution is -0.131. The second-order valence-corrected chi connectivity index (χ2v) is 6.89. The number of carbonyl (C=O) groups is 1. The van der Waals surface area contributed by atoms with E-state index in [1.165, 1.54) is 23.6 Å². The molecule has 0 saturated carbocycles. The van der Waals surface area contributed by atoms with Crippen LogP contribution in [0.1, 0.15) is 16.1 Å². The second-order valence-electron chi connectivity index (χ2n) is 4.15. The van der Waals surface area contributed by atoms with E-state index in [4.69, 9.17) is 5.11 Å². The number of hydrogen-bond acceptors (Lipinski definition) is 5. The normalized spacial score (nSPS) is 12.0. The molecule has 0 spiro atoms. The maximum absolute atomic E-state index is 12.1. The van der Waals surface area contributed by atoms with E-state index in [1.54, 1.807) is 18.4 Å². The van der Waals surface area contributed by atoms with Gasteiger partial charge in [0.25, 0.3) is 0 Å². The first-order valence-electron chi connectivity index (χ1n) is 5.87. The van der Waals surface area contributed by atoms with Crippen molar-refractivity contribution in [3.05, 3.63) is 39.9 Å². The predicted octanol–water partition coefficient (Wildman–Crippen LogP) is 1.36. The van der Waals surface area contributed by atoms with E-state index < -0.39 is 16.0 Å². The first-order chi connectivity index (χ1) is 9.90. The summed E-state index contributed by atoms with van der Waals surface area (Å²) < 4.78 is 26.7. The molecular formula is C12H13N3O4S2. The minimum atomic E-state index is -3.65. The average molecular weight is 327 g/mol. The Hall–Kier alpha value is -1.97. The molecule has 2 rings (SSSR count). The zero-order valence-corrected chi connectivity index (χ0v) is 12.7. The molecule has 0 bridgehead atoms. The number of hydrogen-bond donors (Lipinski definition) is 3. The van der Waals surface area contributed by atoms with Gasteiger partial charge in [-0.05, 0) is 30.0 Å². The van der Waals surface area contributed by atoms with Crippen LogP contribution in [0.2, 0.25) is 0 Å². The van der Waals surface area contributed by atoms with Crippen LogP contribution in [0.15, 0.2) is 28.6 Å². The Kier molecular flexibility index (Phi) is 4.56. The van der Waals surface area contributed by atoms with Crippen molar-refractivity contribution in [2.24, 2.45) is 0 Å². The lowest BCUT2D eigenvalue weighted by atomic mass is 10.2. The Labute approximate surface area is 125 Å². The van der Waals surface area contributed by atoms with Crippen LogP contribution in [0.5, 0.6) is 0 Å². The molecule has 112 valence electrons. The number of nitrogens with one attached hydrogen (secondary N) is 2. The smallest absolute Gasteiger partial charge is 0.328 e. The van der Waals surface area contributed by atoms with E-state index in [2.05, 4.69) is 14.9 Å². The molecule has 21 heavy (non-hydrogen) atoms. The van der Waals surface area contributed by atoms with Gasteiger partial charge in [-0.2, -0.15) is 5.10 Å². The van der Waals surface area contributed by atoms with Crippen molar-refractivity contribution in [1.82, 2.24) is 14.9 Å². The number of sulfonamides is 1. The van der Waals surface area contributed by atoms with Crippen LogP contribution < -0.4 is 4.72 Å². The van der Waals surface area contributed by atoms with E-state index >= 15 is 0 Å². The van der Waals surface area contributed by atoms with Gasteiger partial charge >= 0.3 is 5.97 Å². The molecule has 0 aromatic carbocycles. The third kappa shape index (κ3) is 3.78. The summed E-state index contributed by atoms with van der Waals surface area (Å²) in [5.41, 5.74) is 1.13. The fourth-order valence-corrected chi connectivity index (χ4v) is 3.68. The molecule has 0 aliphatic rings. The van der Waals surface area contributed by atoms with Crippen molar-refractivity contribution in [3.8, 4) is 0 Å². The van der Waals surface area contributed by atoms with Gasteiger partial charge < -0.3 is 5.11 Å². The molecule has 2 aromatic heterocycles. The Balaban J connectivity index is 2.12. The summed E-state index contributed by atoms with van der Waals surface area (Å²) in [5, 5.41) is 16.6. The Morgan fingerprint density at radius 2 is 2.33 bits per heavy atom. The number of thiophene rings is 1. The maximum Gasteiger partial charge on any atom is 0.328 e. The van der Waals surface area contributed by atoms with Crippen LogP contribution in [0.4, 0.5) is 0 Å². The monoisotopic (exact) mass is 327 g/mol. The molecule has 0 radical (unpaired) electrons. The number of H-pyrrole nitrogens is 1. The van der Waals surface area contributed by atoms with E-state index in [0.717, 1.165) is 11.0 Å².